The van der Waals surface area contributed by atoms with Crippen molar-refractivity contribution in [3.05, 3.63) is 29.6 Å². The first-order chi connectivity index (χ1) is 8.22. The van der Waals surface area contributed by atoms with E-state index >= 15 is 0 Å². The average molecular weight is 234 g/mol. The van der Waals surface area contributed by atoms with E-state index in [0.29, 0.717) is 13.1 Å². The second kappa shape index (κ2) is 5.09. The fourth-order valence-electron chi connectivity index (χ4n) is 1.81. The lowest BCUT2D eigenvalue weighted by atomic mass is 10.3. The number of hydrogen-bond donors (Lipinski definition) is 1. The Bertz CT molecular complexity index is 484. The Hall–Kier alpha value is -1.69. The monoisotopic (exact) mass is 234 g/mol. The molecule has 0 atom stereocenters. The standard InChI is InChI=1S/C11H18N6/c1-4-17-10(5-9(2)14-17)7-16-8-13-11(15-16)6-12-3/h5,8,12H,4,6-7H2,1-3H3. The second-order valence-electron chi connectivity index (χ2n) is 3.98. The van der Waals surface area contributed by atoms with Gasteiger partial charge in [0, 0.05) is 6.54 Å². The second-order valence-corrected chi connectivity index (χ2v) is 3.98. The summed E-state index contributed by atoms with van der Waals surface area (Å²) >= 11 is 0. The van der Waals surface area contributed by atoms with Crippen molar-refractivity contribution in [1.82, 2.24) is 29.9 Å². The molecule has 0 aromatic carbocycles. The molecule has 0 amide bonds. The van der Waals surface area contributed by atoms with E-state index in [2.05, 4.69) is 33.5 Å². The number of rotatable bonds is 5. The van der Waals surface area contributed by atoms with Crippen molar-refractivity contribution in [2.75, 3.05) is 7.05 Å². The summed E-state index contributed by atoms with van der Waals surface area (Å²) in [6, 6.07) is 2.09. The van der Waals surface area contributed by atoms with Gasteiger partial charge in [-0.3, -0.25) is 4.68 Å². The van der Waals surface area contributed by atoms with Crippen LogP contribution in [0, 0.1) is 6.92 Å². The zero-order valence-corrected chi connectivity index (χ0v) is 10.5. The Morgan fingerprint density at radius 1 is 1.35 bits per heavy atom. The first kappa shape index (κ1) is 11.8. The Labute approximate surface area is 101 Å². The third-order valence-corrected chi connectivity index (χ3v) is 2.53. The maximum absolute atomic E-state index is 4.41. The summed E-state index contributed by atoms with van der Waals surface area (Å²) in [5.74, 6) is 0.812. The normalized spacial score (nSPS) is 11.0. The fraction of sp³-hybridized carbons (Fsp3) is 0.545. The van der Waals surface area contributed by atoms with Crippen LogP contribution in [0.3, 0.4) is 0 Å². The van der Waals surface area contributed by atoms with Crippen LogP contribution in [0.25, 0.3) is 0 Å². The number of aromatic nitrogens is 5. The van der Waals surface area contributed by atoms with Gasteiger partial charge in [-0.05, 0) is 27.0 Å². The lowest BCUT2D eigenvalue weighted by Gasteiger charge is -2.03. The van der Waals surface area contributed by atoms with Gasteiger partial charge >= 0.3 is 0 Å². The molecule has 0 saturated carbocycles. The molecule has 2 heterocycles. The third-order valence-electron chi connectivity index (χ3n) is 2.53. The van der Waals surface area contributed by atoms with E-state index in [0.717, 1.165) is 23.8 Å². The van der Waals surface area contributed by atoms with Gasteiger partial charge in [-0.2, -0.15) is 10.2 Å². The Kier molecular flexibility index (Phi) is 3.53. The van der Waals surface area contributed by atoms with Gasteiger partial charge in [-0.15, -0.1) is 0 Å². The van der Waals surface area contributed by atoms with Crippen molar-refractivity contribution in [1.29, 1.82) is 0 Å². The summed E-state index contributed by atoms with van der Waals surface area (Å²) in [6.07, 6.45) is 1.76. The largest absolute Gasteiger partial charge is 0.313 e. The minimum absolute atomic E-state index is 0.694. The van der Waals surface area contributed by atoms with Gasteiger partial charge in [0.2, 0.25) is 0 Å². The average Bonchev–Trinajstić information content (AvgIpc) is 2.87. The fourth-order valence-corrected chi connectivity index (χ4v) is 1.81. The van der Waals surface area contributed by atoms with Crippen LogP contribution in [0.15, 0.2) is 12.4 Å². The van der Waals surface area contributed by atoms with Crippen LogP contribution >= 0.6 is 0 Å². The smallest absolute Gasteiger partial charge is 0.164 e. The van der Waals surface area contributed by atoms with E-state index in [9.17, 15) is 0 Å². The minimum atomic E-state index is 0.694. The molecule has 0 radical (unpaired) electrons. The summed E-state index contributed by atoms with van der Waals surface area (Å²) < 4.78 is 3.84. The van der Waals surface area contributed by atoms with Crippen LogP contribution in [0.1, 0.15) is 24.1 Å². The first-order valence-electron chi connectivity index (χ1n) is 5.79. The molecule has 2 aromatic heterocycles. The molecule has 17 heavy (non-hydrogen) atoms. The molecule has 0 bridgehead atoms. The highest BCUT2D eigenvalue weighted by Gasteiger charge is 2.06. The Morgan fingerprint density at radius 2 is 2.18 bits per heavy atom. The van der Waals surface area contributed by atoms with Gasteiger partial charge in [0.25, 0.3) is 0 Å². The van der Waals surface area contributed by atoms with Crippen molar-refractivity contribution >= 4 is 0 Å². The molecule has 2 rings (SSSR count). The van der Waals surface area contributed by atoms with Crippen molar-refractivity contribution in [3.8, 4) is 0 Å². The number of hydrogen-bond acceptors (Lipinski definition) is 4. The maximum Gasteiger partial charge on any atom is 0.164 e. The molecule has 0 aliphatic carbocycles. The van der Waals surface area contributed by atoms with Gasteiger partial charge in [0.05, 0.1) is 24.5 Å². The van der Waals surface area contributed by atoms with Gasteiger partial charge in [0.15, 0.2) is 5.82 Å². The van der Waals surface area contributed by atoms with Crippen molar-refractivity contribution in [2.45, 2.75) is 33.5 Å². The van der Waals surface area contributed by atoms with Crippen LogP contribution in [0.2, 0.25) is 0 Å². The third kappa shape index (κ3) is 2.71. The molecule has 0 unspecified atom stereocenters. The van der Waals surface area contributed by atoms with Crippen LogP contribution in [0.4, 0.5) is 0 Å². The lowest BCUT2D eigenvalue weighted by molar-refractivity contribution is 0.570. The van der Waals surface area contributed by atoms with Gasteiger partial charge < -0.3 is 5.32 Å². The molecule has 6 nitrogen and oxygen atoms in total. The van der Waals surface area contributed by atoms with E-state index in [4.69, 9.17) is 0 Å². The Balaban J connectivity index is 2.13. The molecule has 2 aromatic rings. The van der Waals surface area contributed by atoms with E-state index in [1.165, 1.54) is 0 Å². The van der Waals surface area contributed by atoms with Crippen molar-refractivity contribution in [2.24, 2.45) is 0 Å². The van der Waals surface area contributed by atoms with Gasteiger partial charge in [-0.25, -0.2) is 9.67 Å². The van der Waals surface area contributed by atoms with E-state index in [1.54, 1.807) is 6.33 Å². The van der Waals surface area contributed by atoms with Crippen LogP contribution in [-0.2, 0) is 19.6 Å². The minimum Gasteiger partial charge on any atom is -0.313 e. The molecular formula is C11H18N6. The molecule has 0 saturated heterocycles. The summed E-state index contributed by atoms with van der Waals surface area (Å²) in [5, 5.41) is 11.8. The van der Waals surface area contributed by atoms with E-state index in [1.807, 2.05) is 23.3 Å². The molecule has 0 spiro atoms. The highest BCUT2D eigenvalue weighted by atomic mass is 15.4. The van der Waals surface area contributed by atoms with E-state index < -0.39 is 0 Å². The SMILES string of the molecule is CCn1nc(C)cc1Cn1cnc(CNC)n1. The highest BCUT2D eigenvalue weighted by molar-refractivity contribution is 5.09. The molecule has 0 aliphatic heterocycles. The van der Waals surface area contributed by atoms with Crippen molar-refractivity contribution in [3.63, 3.8) is 0 Å². The zero-order chi connectivity index (χ0) is 12.3. The van der Waals surface area contributed by atoms with Crippen LogP contribution in [0.5, 0.6) is 0 Å². The van der Waals surface area contributed by atoms with Gasteiger partial charge in [0.1, 0.15) is 6.33 Å². The summed E-state index contributed by atoms with van der Waals surface area (Å²) in [4.78, 5) is 4.22. The first-order valence-corrected chi connectivity index (χ1v) is 5.79. The molecular weight excluding hydrogens is 216 g/mol. The number of nitrogens with zero attached hydrogens (tertiary/aromatic N) is 5. The highest BCUT2D eigenvalue weighted by Crippen LogP contribution is 2.05. The van der Waals surface area contributed by atoms with Crippen LogP contribution < -0.4 is 5.32 Å². The molecule has 1 N–H and O–H groups in total. The molecule has 92 valence electrons. The summed E-state index contributed by atoms with van der Waals surface area (Å²) in [5.41, 5.74) is 2.20. The predicted octanol–water partition coefficient (Wildman–Crippen LogP) is 0.571. The van der Waals surface area contributed by atoms with Crippen LogP contribution in [-0.4, -0.2) is 31.6 Å². The number of aryl methyl sites for hydroxylation is 2. The van der Waals surface area contributed by atoms with E-state index in [-0.39, 0.29) is 0 Å². The topological polar surface area (TPSA) is 60.6 Å². The molecule has 0 aliphatic rings. The summed E-state index contributed by atoms with van der Waals surface area (Å²) in [7, 11) is 1.89. The van der Waals surface area contributed by atoms with Crippen molar-refractivity contribution < 1.29 is 0 Å². The Morgan fingerprint density at radius 3 is 2.88 bits per heavy atom. The van der Waals surface area contributed by atoms with Gasteiger partial charge in [-0.1, -0.05) is 0 Å². The maximum atomic E-state index is 4.41. The summed E-state index contributed by atoms with van der Waals surface area (Å²) in [6.45, 7) is 6.37. The molecule has 6 heteroatoms. The quantitative estimate of drug-likeness (QED) is 0.821. The lowest BCUT2D eigenvalue weighted by Crippen LogP contribution is -2.10. The molecule has 0 fully saturated rings. The zero-order valence-electron chi connectivity index (χ0n) is 10.5. The number of nitrogens with one attached hydrogen (secondary N) is 1. The predicted molar refractivity (Wildman–Crippen MR) is 64.5 cm³/mol.